The Morgan fingerprint density at radius 2 is 1.81 bits per heavy atom. The summed E-state index contributed by atoms with van der Waals surface area (Å²) in [4.78, 5) is 44.0. The van der Waals surface area contributed by atoms with Crippen molar-refractivity contribution in [1.29, 1.82) is 0 Å². The highest BCUT2D eigenvalue weighted by atomic mass is 32.1. The highest BCUT2D eigenvalue weighted by Gasteiger charge is 2.30. The second kappa shape index (κ2) is 10.7. The van der Waals surface area contributed by atoms with Gasteiger partial charge in [-0.05, 0) is 37.8 Å². The van der Waals surface area contributed by atoms with E-state index in [1.807, 2.05) is 18.2 Å². The van der Waals surface area contributed by atoms with Crippen molar-refractivity contribution in [1.82, 2.24) is 15.2 Å². The van der Waals surface area contributed by atoms with E-state index in [4.69, 9.17) is 0 Å². The molecule has 2 N–H and O–H groups in total. The van der Waals surface area contributed by atoms with Crippen molar-refractivity contribution in [2.75, 3.05) is 18.4 Å². The minimum Gasteiger partial charge on any atom is -0.353 e. The summed E-state index contributed by atoms with van der Waals surface area (Å²) in [6.45, 7) is 1.15. The quantitative estimate of drug-likeness (QED) is 0.697. The lowest BCUT2D eigenvalue weighted by Gasteiger charge is -2.33. The van der Waals surface area contributed by atoms with E-state index in [0.717, 1.165) is 25.7 Å². The second-order valence-corrected chi connectivity index (χ2v) is 9.52. The molecule has 0 spiro atoms. The predicted octanol–water partition coefficient (Wildman–Crippen LogP) is 3.63. The molecule has 0 unspecified atom stereocenters. The molecule has 8 heteroatoms. The molecule has 32 heavy (non-hydrogen) atoms. The van der Waals surface area contributed by atoms with Gasteiger partial charge in [-0.25, -0.2) is 4.98 Å². The topological polar surface area (TPSA) is 91.4 Å². The minimum atomic E-state index is -0.222. The van der Waals surface area contributed by atoms with Crippen molar-refractivity contribution in [3.63, 3.8) is 0 Å². The molecule has 3 amide bonds. The lowest BCUT2D eigenvalue weighted by atomic mass is 9.93. The van der Waals surface area contributed by atoms with Crippen LogP contribution >= 0.6 is 11.3 Å². The zero-order valence-electron chi connectivity index (χ0n) is 18.2. The Bertz CT molecular complexity index is 940. The first-order valence-electron chi connectivity index (χ1n) is 11.5. The average Bonchev–Trinajstić information content (AvgIpc) is 3.27. The number of hydrogen-bond acceptors (Lipinski definition) is 5. The van der Waals surface area contributed by atoms with E-state index in [2.05, 4.69) is 15.6 Å². The molecule has 1 saturated heterocycles. The number of rotatable bonds is 6. The van der Waals surface area contributed by atoms with Crippen LogP contribution in [-0.2, 0) is 16.0 Å². The molecule has 0 radical (unpaired) electrons. The van der Waals surface area contributed by atoms with Gasteiger partial charge in [-0.15, -0.1) is 11.3 Å². The number of piperidine rings is 1. The SMILES string of the molecule is O=C(Nc1nc(CC(=O)N2CCC[C@H](C(=O)NC3CCCCC3)C2)cs1)c1ccccc1. The van der Waals surface area contributed by atoms with E-state index in [1.165, 1.54) is 30.6 Å². The summed E-state index contributed by atoms with van der Waals surface area (Å²) in [5.41, 5.74) is 1.20. The largest absolute Gasteiger partial charge is 0.353 e. The van der Waals surface area contributed by atoms with E-state index in [9.17, 15) is 14.4 Å². The lowest BCUT2D eigenvalue weighted by molar-refractivity contribution is -0.135. The van der Waals surface area contributed by atoms with Gasteiger partial charge in [0, 0.05) is 30.1 Å². The summed E-state index contributed by atoms with van der Waals surface area (Å²) in [5, 5.41) is 8.27. The van der Waals surface area contributed by atoms with Crippen LogP contribution in [0.25, 0.3) is 0 Å². The summed E-state index contributed by atoms with van der Waals surface area (Å²) in [6.07, 6.45) is 7.59. The number of nitrogens with one attached hydrogen (secondary N) is 2. The molecule has 2 aromatic rings. The van der Waals surface area contributed by atoms with E-state index in [1.54, 1.807) is 22.4 Å². The summed E-state index contributed by atoms with van der Waals surface area (Å²) in [6, 6.07) is 9.25. The molecule has 2 aliphatic rings. The molecule has 1 aromatic heterocycles. The standard InChI is InChI=1S/C24H30N4O3S/c29-21(14-20-16-32-24(26-20)27-22(30)17-8-3-1-4-9-17)28-13-7-10-18(15-28)23(31)25-19-11-5-2-6-12-19/h1,3-4,8-9,16,18-19H,2,5-7,10-15H2,(H,25,31)(H,26,27,30)/t18-/m0/s1. The molecule has 7 nitrogen and oxygen atoms in total. The smallest absolute Gasteiger partial charge is 0.257 e. The van der Waals surface area contributed by atoms with Gasteiger partial charge in [-0.3, -0.25) is 19.7 Å². The monoisotopic (exact) mass is 454 g/mol. The summed E-state index contributed by atoms with van der Waals surface area (Å²) in [7, 11) is 0. The Balaban J connectivity index is 1.28. The number of thiazole rings is 1. The van der Waals surface area contributed by atoms with Crippen molar-refractivity contribution in [2.24, 2.45) is 5.92 Å². The molecule has 2 fully saturated rings. The van der Waals surface area contributed by atoms with Crippen LogP contribution < -0.4 is 10.6 Å². The first kappa shape index (κ1) is 22.5. The number of carbonyl (C=O) groups is 3. The number of likely N-dealkylation sites (tertiary alicyclic amines) is 1. The van der Waals surface area contributed by atoms with Crippen LogP contribution in [0.5, 0.6) is 0 Å². The van der Waals surface area contributed by atoms with Crippen LogP contribution in [0.2, 0.25) is 0 Å². The Labute approximate surface area is 192 Å². The molecular weight excluding hydrogens is 424 g/mol. The van der Waals surface area contributed by atoms with E-state index in [-0.39, 0.29) is 30.1 Å². The van der Waals surface area contributed by atoms with Crippen LogP contribution in [0.15, 0.2) is 35.7 Å². The molecule has 1 atom stereocenters. The highest BCUT2D eigenvalue weighted by Crippen LogP contribution is 2.22. The Morgan fingerprint density at radius 1 is 1.03 bits per heavy atom. The third kappa shape index (κ3) is 5.94. The number of benzene rings is 1. The summed E-state index contributed by atoms with van der Waals surface area (Å²) >= 11 is 1.31. The Kier molecular flexibility index (Phi) is 7.52. The van der Waals surface area contributed by atoms with Crippen LogP contribution in [0.3, 0.4) is 0 Å². The van der Waals surface area contributed by atoms with Crippen molar-refractivity contribution < 1.29 is 14.4 Å². The molecular formula is C24H30N4O3S. The Hall–Kier alpha value is -2.74. The zero-order chi connectivity index (χ0) is 22.3. The molecule has 1 saturated carbocycles. The van der Waals surface area contributed by atoms with Gasteiger partial charge in [-0.2, -0.15) is 0 Å². The maximum atomic E-state index is 12.9. The summed E-state index contributed by atoms with van der Waals surface area (Å²) in [5.74, 6) is -0.285. The van der Waals surface area contributed by atoms with Crippen LogP contribution in [0, 0.1) is 5.92 Å². The minimum absolute atomic E-state index is 0.0218. The number of anilines is 1. The number of carbonyl (C=O) groups excluding carboxylic acids is 3. The van der Waals surface area contributed by atoms with Gasteiger partial charge in [0.1, 0.15) is 0 Å². The highest BCUT2D eigenvalue weighted by molar-refractivity contribution is 7.14. The van der Waals surface area contributed by atoms with Crippen LogP contribution in [-0.4, -0.2) is 46.7 Å². The third-order valence-corrected chi connectivity index (χ3v) is 7.04. The zero-order valence-corrected chi connectivity index (χ0v) is 19.0. The predicted molar refractivity (Wildman–Crippen MR) is 125 cm³/mol. The molecule has 170 valence electrons. The molecule has 2 heterocycles. The van der Waals surface area contributed by atoms with Crippen LogP contribution in [0.4, 0.5) is 5.13 Å². The molecule has 0 bridgehead atoms. The van der Waals surface area contributed by atoms with Crippen molar-refractivity contribution in [2.45, 2.75) is 57.4 Å². The first-order valence-corrected chi connectivity index (χ1v) is 12.4. The fourth-order valence-electron chi connectivity index (χ4n) is 4.45. The van der Waals surface area contributed by atoms with Gasteiger partial charge >= 0.3 is 0 Å². The normalized spacial score (nSPS) is 19.4. The van der Waals surface area contributed by atoms with E-state index >= 15 is 0 Å². The third-order valence-electron chi connectivity index (χ3n) is 6.24. The Morgan fingerprint density at radius 3 is 2.59 bits per heavy atom. The fraction of sp³-hybridized carbons (Fsp3) is 0.500. The molecule has 1 aromatic carbocycles. The first-order chi connectivity index (χ1) is 15.6. The molecule has 4 rings (SSSR count). The molecule has 1 aliphatic carbocycles. The van der Waals surface area contributed by atoms with Gasteiger partial charge in [0.15, 0.2) is 5.13 Å². The van der Waals surface area contributed by atoms with Gasteiger partial charge in [0.05, 0.1) is 18.0 Å². The van der Waals surface area contributed by atoms with E-state index in [0.29, 0.717) is 35.5 Å². The summed E-state index contributed by atoms with van der Waals surface area (Å²) < 4.78 is 0. The number of hydrogen-bond donors (Lipinski definition) is 2. The number of aromatic nitrogens is 1. The van der Waals surface area contributed by atoms with Crippen molar-refractivity contribution >= 4 is 34.2 Å². The second-order valence-electron chi connectivity index (χ2n) is 8.66. The number of amides is 3. The maximum absolute atomic E-state index is 12.9. The number of nitrogens with zero attached hydrogens (tertiary/aromatic N) is 2. The van der Waals surface area contributed by atoms with Crippen molar-refractivity contribution in [3.05, 3.63) is 47.0 Å². The average molecular weight is 455 g/mol. The van der Waals surface area contributed by atoms with Gasteiger partial charge in [-0.1, -0.05) is 37.5 Å². The van der Waals surface area contributed by atoms with Crippen LogP contribution in [0.1, 0.15) is 61.0 Å². The van der Waals surface area contributed by atoms with Gasteiger partial charge in [0.2, 0.25) is 11.8 Å². The lowest BCUT2D eigenvalue weighted by Crippen LogP contribution is -2.48. The van der Waals surface area contributed by atoms with Gasteiger partial charge < -0.3 is 10.2 Å². The molecule has 1 aliphatic heterocycles. The van der Waals surface area contributed by atoms with Crippen molar-refractivity contribution in [3.8, 4) is 0 Å². The fourth-order valence-corrected chi connectivity index (χ4v) is 5.16. The maximum Gasteiger partial charge on any atom is 0.257 e. The van der Waals surface area contributed by atoms with E-state index < -0.39 is 0 Å². The van der Waals surface area contributed by atoms with Gasteiger partial charge in [0.25, 0.3) is 5.91 Å².